The van der Waals surface area contributed by atoms with Crippen molar-refractivity contribution in [2.75, 3.05) is 6.26 Å². The lowest BCUT2D eigenvalue weighted by atomic mass is 9.97. The molecule has 1 amide bonds. The van der Waals surface area contributed by atoms with Crippen molar-refractivity contribution < 1.29 is 4.79 Å². The zero-order chi connectivity index (χ0) is 16.1. The van der Waals surface area contributed by atoms with Crippen LogP contribution in [0.1, 0.15) is 46.4 Å². The number of rotatable bonds is 5. The number of nitrogens with one attached hydrogen (secondary N) is 1. The maximum Gasteiger partial charge on any atom is 0.252 e. The van der Waals surface area contributed by atoms with Crippen molar-refractivity contribution in [3.63, 3.8) is 0 Å². The van der Waals surface area contributed by atoms with Gasteiger partial charge in [-0.2, -0.15) is 0 Å². The molecule has 0 aliphatic heterocycles. The molecule has 22 heavy (non-hydrogen) atoms. The molecular weight excluding hydrogens is 290 g/mol. The molecule has 0 aliphatic rings. The van der Waals surface area contributed by atoms with Crippen LogP contribution in [0.4, 0.5) is 0 Å². The number of thioether (sulfide) groups is 1. The molecule has 2 aromatic rings. The van der Waals surface area contributed by atoms with Crippen molar-refractivity contribution in [1.82, 2.24) is 5.32 Å². The average molecular weight is 313 g/mol. The summed E-state index contributed by atoms with van der Waals surface area (Å²) in [4.78, 5) is 13.6. The Kier molecular flexibility index (Phi) is 5.67. The van der Waals surface area contributed by atoms with Crippen molar-refractivity contribution >= 4 is 17.7 Å². The van der Waals surface area contributed by atoms with Gasteiger partial charge in [-0.15, -0.1) is 11.8 Å². The average Bonchev–Trinajstić information content (AvgIpc) is 2.53. The first-order chi connectivity index (χ1) is 10.6. The van der Waals surface area contributed by atoms with Gasteiger partial charge in [0.05, 0.1) is 11.6 Å². The molecule has 2 nitrogen and oxygen atoms in total. The lowest BCUT2D eigenvalue weighted by molar-refractivity contribution is 0.0932. The molecule has 0 saturated heterocycles. The summed E-state index contributed by atoms with van der Waals surface area (Å²) in [5.74, 6) is -0.00299. The molecule has 0 radical (unpaired) electrons. The summed E-state index contributed by atoms with van der Waals surface area (Å²) in [6, 6.07) is 14.2. The van der Waals surface area contributed by atoms with Gasteiger partial charge in [0.1, 0.15) is 0 Å². The summed E-state index contributed by atoms with van der Waals surface area (Å²) >= 11 is 1.60. The van der Waals surface area contributed by atoms with Gasteiger partial charge in [0, 0.05) is 4.90 Å². The molecular formula is C19H23NOS. The molecule has 0 saturated carbocycles. The summed E-state index contributed by atoms with van der Waals surface area (Å²) in [7, 11) is 0. The molecule has 116 valence electrons. The van der Waals surface area contributed by atoms with Crippen molar-refractivity contribution in [1.29, 1.82) is 0 Å². The summed E-state index contributed by atoms with van der Waals surface area (Å²) < 4.78 is 0. The van der Waals surface area contributed by atoms with E-state index in [0.29, 0.717) is 0 Å². The van der Waals surface area contributed by atoms with E-state index in [1.807, 2.05) is 30.5 Å². The van der Waals surface area contributed by atoms with Crippen molar-refractivity contribution in [2.45, 2.75) is 38.1 Å². The minimum absolute atomic E-state index is 0.00299. The summed E-state index contributed by atoms with van der Waals surface area (Å²) in [6.45, 7) is 6.29. The van der Waals surface area contributed by atoms with Gasteiger partial charge in [0.15, 0.2) is 0 Å². The molecule has 2 rings (SSSR count). The van der Waals surface area contributed by atoms with E-state index >= 15 is 0 Å². The molecule has 3 heteroatoms. The third-order valence-corrected chi connectivity index (χ3v) is 4.66. The predicted molar refractivity (Wildman–Crippen MR) is 94.6 cm³/mol. The van der Waals surface area contributed by atoms with E-state index in [-0.39, 0.29) is 11.9 Å². The monoisotopic (exact) mass is 313 g/mol. The molecule has 1 atom stereocenters. The molecule has 0 aliphatic carbocycles. The highest BCUT2D eigenvalue weighted by Gasteiger charge is 2.17. The molecule has 0 unspecified atom stereocenters. The Morgan fingerprint density at radius 3 is 2.55 bits per heavy atom. The topological polar surface area (TPSA) is 29.1 Å². The number of benzene rings is 2. The van der Waals surface area contributed by atoms with E-state index in [9.17, 15) is 4.79 Å². The van der Waals surface area contributed by atoms with Gasteiger partial charge in [-0.05, 0) is 49.8 Å². The number of aryl methyl sites for hydroxylation is 2. The van der Waals surface area contributed by atoms with Crippen molar-refractivity contribution in [3.05, 3.63) is 64.7 Å². The number of carbonyl (C=O) groups is 1. The van der Waals surface area contributed by atoms with Crippen molar-refractivity contribution in [3.8, 4) is 0 Å². The second-order valence-electron chi connectivity index (χ2n) is 5.49. The van der Waals surface area contributed by atoms with Gasteiger partial charge in [-0.3, -0.25) is 4.79 Å². The van der Waals surface area contributed by atoms with Crippen molar-refractivity contribution in [2.24, 2.45) is 0 Å². The molecule has 0 heterocycles. The Morgan fingerprint density at radius 1 is 1.18 bits per heavy atom. The fraction of sp³-hybridized carbons (Fsp3) is 0.316. The first-order valence-corrected chi connectivity index (χ1v) is 8.80. The summed E-state index contributed by atoms with van der Waals surface area (Å²) in [5.41, 5.74) is 4.42. The van der Waals surface area contributed by atoms with Crippen LogP contribution < -0.4 is 5.32 Å². The first-order valence-electron chi connectivity index (χ1n) is 7.57. The molecule has 0 fully saturated rings. The number of amides is 1. The zero-order valence-electron chi connectivity index (χ0n) is 13.6. The Hall–Kier alpha value is -1.74. The van der Waals surface area contributed by atoms with E-state index in [4.69, 9.17) is 0 Å². The van der Waals surface area contributed by atoms with E-state index in [1.165, 1.54) is 16.7 Å². The van der Waals surface area contributed by atoms with E-state index in [1.54, 1.807) is 11.8 Å². The maximum absolute atomic E-state index is 12.6. The molecule has 0 bridgehead atoms. The van der Waals surface area contributed by atoms with Gasteiger partial charge >= 0.3 is 0 Å². The zero-order valence-corrected chi connectivity index (χ0v) is 14.5. The van der Waals surface area contributed by atoms with Gasteiger partial charge in [-0.1, -0.05) is 42.8 Å². The SMILES string of the molecule is CC[C@@H](NC(=O)c1ccccc1SC)c1ccc(C)cc1C. The lowest BCUT2D eigenvalue weighted by Gasteiger charge is -2.20. The van der Waals surface area contributed by atoms with Gasteiger partial charge in [0.2, 0.25) is 0 Å². The van der Waals surface area contributed by atoms with Crippen LogP contribution in [0.2, 0.25) is 0 Å². The fourth-order valence-corrected chi connectivity index (χ4v) is 3.28. The molecule has 1 N–H and O–H groups in total. The quantitative estimate of drug-likeness (QED) is 0.795. The Morgan fingerprint density at radius 2 is 1.91 bits per heavy atom. The first kappa shape index (κ1) is 16.6. The highest BCUT2D eigenvalue weighted by atomic mass is 32.2. The Balaban J connectivity index is 2.24. The minimum Gasteiger partial charge on any atom is -0.345 e. The molecule has 0 aromatic heterocycles. The second-order valence-corrected chi connectivity index (χ2v) is 6.34. The van der Waals surface area contributed by atoms with Crippen LogP contribution in [0, 0.1) is 13.8 Å². The number of carbonyl (C=O) groups excluding carboxylic acids is 1. The van der Waals surface area contributed by atoms with E-state index < -0.39 is 0 Å². The van der Waals surface area contributed by atoms with Gasteiger partial charge < -0.3 is 5.32 Å². The summed E-state index contributed by atoms with van der Waals surface area (Å²) in [6.07, 6.45) is 2.87. The lowest BCUT2D eigenvalue weighted by Crippen LogP contribution is -2.29. The minimum atomic E-state index is -0.00299. The largest absolute Gasteiger partial charge is 0.345 e. The van der Waals surface area contributed by atoms with Gasteiger partial charge in [-0.25, -0.2) is 0 Å². The fourth-order valence-electron chi connectivity index (χ4n) is 2.68. The second kappa shape index (κ2) is 7.50. The standard InChI is InChI=1S/C19H23NOS/c1-5-17(15-11-10-13(2)12-14(15)3)20-19(21)16-8-6-7-9-18(16)22-4/h6-12,17H,5H2,1-4H3,(H,20,21)/t17-/m1/s1. The highest BCUT2D eigenvalue weighted by Crippen LogP contribution is 2.24. The number of hydrogen-bond acceptors (Lipinski definition) is 2. The maximum atomic E-state index is 12.6. The van der Waals surface area contributed by atoms with Crippen LogP contribution >= 0.6 is 11.8 Å². The highest BCUT2D eigenvalue weighted by molar-refractivity contribution is 7.98. The third-order valence-electron chi connectivity index (χ3n) is 3.87. The Bertz CT molecular complexity index is 666. The number of hydrogen-bond donors (Lipinski definition) is 1. The van der Waals surface area contributed by atoms with Crippen LogP contribution in [0.3, 0.4) is 0 Å². The summed E-state index contributed by atoms with van der Waals surface area (Å²) in [5, 5.41) is 3.18. The van der Waals surface area contributed by atoms with E-state index in [0.717, 1.165) is 16.9 Å². The van der Waals surface area contributed by atoms with E-state index in [2.05, 4.69) is 44.3 Å². The van der Waals surface area contributed by atoms with Crippen LogP contribution in [0.15, 0.2) is 47.4 Å². The van der Waals surface area contributed by atoms with Crippen LogP contribution in [0.25, 0.3) is 0 Å². The molecule has 0 spiro atoms. The van der Waals surface area contributed by atoms with Crippen LogP contribution in [0.5, 0.6) is 0 Å². The smallest absolute Gasteiger partial charge is 0.252 e. The van der Waals surface area contributed by atoms with Crippen LogP contribution in [-0.4, -0.2) is 12.2 Å². The third kappa shape index (κ3) is 3.72. The van der Waals surface area contributed by atoms with Crippen LogP contribution in [-0.2, 0) is 0 Å². The normalized spacial score (nSPS) is 12.0. The van der Waals surface area contributed by atoms with Gasteiger partial charge in [0.25, 0.3) is 5.91 Å². The Labute approximate surface area is 137 Å². The molecule has 2 aromatic carbocycles. The predicted octanol–water partition coefficient (Wildman–Crippen LogP) is 4.91.